The molecule has 49 heavy (non-hydrogen) atoms. The number of para-hydroxylation sites is 2. The zero-order chi connectivity index (χ0) is 33.0. The van der Waals surface area contributed by atoms with Gasteiger partial charge in [0, 0.05) is 47.5 Å². The van der Waals surface area contributed by atoms with E-state index in [1.807, 2.05) is 23.5 Å². The van der Waals surface area contributed by atoms with Crippen LogP contribution in [0.4, 0.5) is 17.1 Å². The minimum atomic E-state index is -0.215. The van der Waals surface area contributed by atoms with Crippen molar-refractivity contribution in [3.8, 4) is 33.8 Å². The van der Waals surface area contributed by atoms with Crippen LogP contribution in [0.3, 0.4) is 0 Å². The molecule has 7 aromatic rings. The Labute approximate surface area is 296 Å². The monoisotopic (exact) mass is 667 g/mol. The van der Waals surface area contributed by atoms with Crippen molar-refractivity contribution in [2.45, 2.75) is 38.8 Å². The van der Waals surface area contributed by atoms with E-state index < -0.39 is 0 Å². The Morgan fingerprint density at radius 3 is 1.80 bits per heavy atom. The topological polar surface area (TPSA) is 12.5 Å². The van der Waals surface area contributed by atoms with E-state index in [2.05, 4.69) is 183 Å². The largest absolute Gasteiger partial charge is 0.455 e. The third-order valence-electron chi connectivity index (χ3n) is 9.61. The van der Waals surface area contributed by atoms with Gasteiger partial charge in [0.2, 0.25) is 0 Å². The molecular formula is C45H33NOS2. The van der Waals surface area contributed by atoms with Gasteiger partial charge in [-0.2, -0.15) is 0 Å². The molecule has 0 saturated carbocycles. The quantitative estimate of drug-likeness (QED) is 0.181. The molecule has 0 saturated heterocycles. The van der Waals surface area contributed by atoms with Crippen molar-refractivity contribution in [1.82, 2.24) is 0 Å². The normalized spacial score (nSPS) is 13.7. The predicted octanol–water partition coefficient (Wildman–Crippen LogP) is 13.5. The first-order valence-electron chi connectivity index (χ1n) is 16.6. The minimum Gasteiger partial charge on any atom is -0.455 e. The third kappa shape index (κ3) is 5.23. The summed E-state index contributed by atoms with van der Waals surface area (Å²) >= 11 is 3.73. The molecule has 2 heterocycles. The summed E-state index contributed by atoms with van der Waals surface area (Å²) in [6, 6.07) is 58.7. The molecule has 0 N–H and O–H groups in total. The number of rotatable bonds is 5. The van der Waals surface area contributed by atoms with Gasteiger partial charge in [0.05, 0.1) is 5.69 Å². The van der Waals surface area contributed by atoms with Crippen LogP contribution in [0, 0.1) is 0 Å². The van der Waals surface area contributed by atoms with E-state index in [0.29, 0.717) is 0 Å². The molecule has 4 heteroatoms. The summed E-state index contributed by atoms with van der Waals surface area (Å²) in [7, 11) is 0. The van der Waals surface area contributed by atoms with Crippen molar-refractivity contribution < 1.29 is 4.74 Å². The smallest absolute Gasteiger partial charge is 0.155 e. The second-order valence-electron chi connectivity index (χ2n) is 13.0. The molecule has 0 radical (unpaired) electrons. The van der Waals surface area contributed by atoms with Crippen LogP contribution in [-0.2, 0) is 5.41 Å². The van der Waals surface area contributed by atoms with E-state index >= 15 is 0 Å². The van der Waals surface area contributed by atoms with Crippen molar-refractivity contribution in [2.75, 3.05) is 4.90 Å². The van der Waals surface area contributed by atoms with Crippen molar-refractivity contribution in [3.63, 3.8) is 0 Å². The highest BCUT2D eigenvalue weighted by Gasteiger charge is 2.36. The molecule has 0 aliphatic carbocycles. The summed E-state index contributed by atoms with van der Waals surface area (Å²) in [6.07, 6.45) is 0. The lowest BCUT2D eigenvalue weighted by Gasteiger charge is -2.37. The Morgan fingerprint density at radius 2 is 1.04 bits per heavy atom. The maximum atomic E-state index is 6.80. The van der Waals surface area contributed by atoms with Crippen LogP contribution in [0.15, 0.2) is 183 Å². The summed E-state index contributed by atoms with van der Waals surface area (Å²) < 4.78 is 6.80. The second kappa shape index (κ2) is 12.1. The highest BCUT2D eigenvalue weighted by Crippen LogP contribution is 2.54. The highest BCUT2D eigenvalue weighted by molar-refractivity contribution is 8.05. The van der Waals surface area contributed by atoms with Gasteiger partial charge in [-0.05, 0) is 76.9 Å². The molecule has 0 unspecified atom stereocenters. The average molecular weight is 668 g/mol. The molecule has 236 valence electrons. The standard InChI is InChI=1S/C45H33NOS2/c1-45(2)36-15-6-7-18-39(36)47-43-37(45)16-11-17-38(43)46(33-26-22-31(23-27-33)30-12-4-3-5-13-30)34-28-24-32(25-29-34)35-14-10-21-42-44(35)49-41-20-9-8-19-40(41)48-42/h3-29H,1-2H3. The summed E-state index contributed by atoms with van der Waals surface area (Å²) in [5.74, 6) is 1.81. The lowest BCUT2D eigenvalue weighted by molar-refractivity contribution is 0.419. The number of ether oxygens (including phenoxy) is 1. The predicted molar refractivity (Wildman–Crippen MR) is 205 cm³/mol. The van der Waals surface area contributed by atoms with Gasteiger partial charge in [-0.3, -0.25) is 0 Å². The fourth-order valence-electron chi connectivity index (χ4n) is 7.05. The Hall–Kier alpha value is -5.16. The molecule has 0 spiro atoms. The van der Waals surface area contributed by atoms with E-state index in [-0.39, 0.29) is 5.41 Å². The molecule has 2 nitrogen and oxygen atoms in total. The Morgan fingerprint density at radius 1 is 0.469 bits per heavy atom. The summed E-state index contributed by atoms with van der Waals surface area (Å²) in [5.41, 5.74) is 10.2. The van der Waals surface area contributed by atoms with Crippen LogP contribution in [0.5, 0.6) is 11.5 Å². The van der Waals surface area contributed by atoms with E-state index in [0.717, 1.165) is 28.6 Å². The van der Waals surface area contributed by atoms with E-state index in [4.69, 9.17) is 4.74 Å². The van der Waals surface area contributed by atoms with Crippen LogP contribution >= 0.6 is 23.5 Å². The van der Waals surface area contributed by atoms with Gasteiger partial charge in [-0.25, -0.2) is 0 Å². The SMILES string of the molecule is CC1(C)c2ccccc2Oc2c(N(c3ccc(-c4ccccc4)cc3)c3ccc(-c4cccc5c4Sc4ccccc4S5)cc3)cccc21. The number of hydrogen-bond acceptors (Lipinski definition) is 4. The molecule has 0 fully saturated rings. The van der Waals surface area contributed by atoms with Gasteiger partial charge in [0.25, 0.3) is 0 Å². The number of benzene rings is 7. The lowest BCUT2D eigenvalue weighted by atomic mass is 9.75. The van der Waals surface area contributed by atoms with Gasteiger partial charge in [0.15, 0.2) is 5.75 Å². The molecule has 9 rings (SSSR count). The number of nitrogens with zero attached hydrogens (tertiary/aromatic N) is 1. The fourth-order valence-corrected chi connectivity index (χ4v) is 9.46. The zero-order valence-corrected chi connectivity index (χ0v) is 28.9. The van der Waals surface area contributed by atoms with Crippen molar-refractivity contribution >= 4 is 40.6 Å². The average Bonchev–Trinajstić information content (AvgIpc) is 3.15. The Balaban J connectivity index is 1.15. The fraction of sp³-hybridized carbons (Fsp3) is 0.0667. The van der Waals surface area contributed by atoms with E-state index in [1.54, 1.807) is 0 Å². The van der Waals surface area contributed by atoms with Gasteiger partial charge in [-0.15, -0.1) is 0 Å². The minimum absolute atomic E-state index is 0.215. The van der Waals surface area contributed by atoms with Gasteiger partial charge < -0.3 is 9.64 Å². The van der Waals surface area contributed by atoms with Crippen LogP contribution < -0.4 is 9.64 Å². The van der Waals surface area contributed by atoms with E-state index in [9.17, 15) is 0 Å². The molecule has 2 aliphatic rings. The van der Waals surface area contributed by atoms with Crippen molar-refractivity contribution in [1.29, 1.82) is 0 Å². The molecular weight excluding hydrogens is 635 g/mol. The third-order valence-corrected chi connectivity index (χ3v) is 12.2. The highest BCUT2D eigenvalue weighted by atomic mass is 32.2. The lowest BCUT2D eigenvalue weighted by Crippen LogP contribution is -2.25. The molecule has 0 bridgehead atoms. The second-order valence-corrected chi connectivity index (χ2v) is 15.1. The van der Waals surface area contributed by atoms with Gasteiger partial charge >= 0.3 is 0 Å². The molecule has 7 aromatic carbocycles. The number of anilines is 3. The number of hydrogen-bond donors (Lipinski definition) is 0. The first-order valence-corrected chi connectivity index (χ1v) is 18.2. The Kier molecular flexibility index (Phi) is 7.37. The van der Waals surface area contributed by atoms with Gasteiger partial charge in [-0.1, -0.05) is 147 Å². The Bertz CT molecular complexity index is 2330. The van der Waals surface area contributed by atoms with E-state index in [1.165, 1.54) is 53.0 Å². The van der Waals surface area contributed by atoms with Crippen LogP contribution in [0.1, 0.15) is 25.0 Å². The first kappa shape index (κ1) is 29.9. The molecule has 2 aliphatic heterocycles. The van der Waals surface area contributed by atoms with Crippen LogP contribution in [0.25, 0.3) is 22.3 Å². The van der Waals surface area contributed by atoms with Crippen molar-refractivity contribution in [2.24, 2.45) is 0 Å². The summed E-state index contributed by atoms with van der Waals surface area (Å²) in [5, 5.41) is 0. The number of fused-ring (bicyclic) bond motifs is 4. The van der Waals surface area contributed by atoms with Crippen molar-refractivity contribution in [3.05, 3.63) is 175 Å². The maximum Gasteiger partial charge on any atom is 0.155 e. The molecule has 0 amide bonds. The zero-order valence-electron chi connectivity index (χ0n) is 27.3. The van der Waals surface area contributed by atoms with Crippen LogP contribution in [0.2, 0.25) is 0 Å². The van der Waals surface area contributed by atoms with Gasteiger partial charge in [0.1, 0.15) is 5.75 Å². The molecule has 0 atom stereocenters. The summed E-state index contributed by atoms with van der Waals surface area (Å²) in [6.45, 7) is 4.58. The first-order chi connectivity index (χ1) is 24.0. The maximum absolute atomic E-state index is 6.80. The van der Waals surface area contributed by atoms with Crippen LogP contribution in [-0.4, -0.2) is 0 Å². The summed E-state index contributed by atoms with van der Waals surface area (Å²) in [4.78, 5) is 7.59. The molecule has 0 aromatic heterocycles.